The Balaban J connectivity index is 2.43. The second-order valence-electron chi connectivity index (χ2n) is 2.59. The van der Waals surface area contributed by atoms with Gasteiger partial charge in [0, 0.05) is 0 Å². The lowest BCUT2D eigenvalue weighted by Crippen LogP contribution is -1.94. The predicted molar refractivity (Wildman–Crippen MR) is 43.9 cm³/mol. The molecule has 1 aromatic carbocycles. The van der Waals surface area contributed by atoms with E-state index in [-0.39, 0.29) is 0 Å². The molecule has 0 saturated carbocycles. The van der Waals surface area contributed by atoms with Crippen LogP contribution in [0.3, 0.4) is 0 Å². The first-order valence-corrected chi connectivity index (χ1v) is 3.66. The van der Waals surface area contributed by atoms with Gasteiger partial charge in [0.1, 0.15) is 6.33 Å². The quantitative estimate of drug-likeness (QED) is 0.624. The largest absolute Gasteiger partial charge is 0.201 e. The van der Waals surface area contributed by atoms with E-state index in [0.717, 1.165) is 5.69 Å². The fourth-order valence-corrected chi connectivity index (χ4v) is 0.977. The standard InChI is InChI=1S/C8H8N4/c1-7-2-4-8(5-3-7)12-6-9-10-11-12/h2-6H,1H3. The minimum Gasteiger partial charge on any atom is -0.201 e. The van der Waals surface area contributed by atoms with Gasteiger partial charge in [0.15, 0.2) is 0 Å². The van der Waals surface area contributed by atoms with E-state index >= 15 is 0 Å². The Morgan fingerprint density at radius 1 is 1.17 bits per heavy atom. The molecule has 60 valence electrons. The van der Waals surface area contributed by atoms with E-state index in [1.54, 1.807) is 11.0 Å². The highest BCUT2D eigenvalue weighted by Gasteiger charge is 1.94. The van der Waals surface area contributed by atoms with Crippen molar-refractivity contribution in [2.75, 3.05) is 0 Å². The van der Waals surface area contributed by atoms with Crippen molar-refractivity contribution in [1.29, 1.82) is 0 Å². The highest BCUT2D eigenvalue weighted by Crippen LogP contribution is 2.05. The van der Waals surface area contributed by atoms with Gasteiger partial charge < -0.3 is 0 Å². The van der Waals surface area contributed by atoms with Gasteiger partial charge in [-0.15, -0.1) is 5.10 Å². The molecule has 0 bridgehead atoms. The molecule has 12 heavy (non-hydrogen) atoms. The second kappa shape index (κ2) is 2.73. The van der Waals surface area contributed by atoms with Crippen LogP contribution in [0.5, 0.6) is 0 Å². The van der Waals surface area contributed by atoms with Crippen molar-refractivity contribution < 1.29 is 0 Å². The van der Waals surface area contributed by atoms with Crippen molar-refractivity contribution in [3.05, 3.63) is 36.2 Å². The van der Waals surface area contributed by atoms with Crippen molar-refractivity contribution in [2.45, 2.75) is 6.92 Å². The van der Waals surface area contributed by atoms with Crippen molar-refractivity contribution in [2.24, 2.45) is 0 Å². The Bertz CT molecular complexity index is 349. The summed E-state index contributed by atoms with van der Waals surface area (Å²) in [5.41, 5.74) is 2.21. The maximum absolute atomic E-state index is 3.77. The van der Waals surface area contributed by atoms with Crippen LogP contribution >= 0.6 is 0 Å². The molecule has 0 aliphatic heterocycles. The summed E-state index contributed by atoms with van der Waals surface area (Å²) in [4.78, 5) is 0. The molecule has 0 spiro atoms. The summed E-state index contributed by atoms with van der Waals surface area (Å²) in [6.07, 6.45) is 1.57. The zero-order chi connectivity index (χ0) is 8.39. The molecule has 2 rings (SSSR count). The molecule has 0 atom stereocenters. The van der Waals surface area contributed by atoms with Crippen LogP contribution in [0.4, 0.5) is 0 Å². The molecule has 0 aliphatic carbocycles. The molecule has 2 aromatic rings. The van der Waals surface area contributed by atoms with Crippen LogP contribution in [-0.4, -0.2) is 20.2 Å². The van der Waals surface area contributed by atoms with Gasteiger partial charge in [0.05, 0.1) is 5.69 Å². The van der Waals surface area contributed by atoms with E-state index < -0.39 is 0 Å². The van der Waals surface area contributed by atoms with Crippen LogP contribution < -0.4 is 0 Å². The van der Waals surface area contributed by atoms with E-state index in [4.69, 9.17) is 0 Å². The molecule has 0 N–H and O–H groups in total. The Hall–Kier alpha value is -1.71. The molecule has 0 aliphatic rings. The number of hydrogen-bond donors (Lipinski definition) is 0. The van der Waals surface area contributed by atoms with Gasteiger partial charge in [-0.2, -0.15) is 0 Å². The molecule has 4 heteroatoms. The molecule has 0 unspecified atom stereocenters. The third kappa shape index (κ3) is 1.18. The summed E-state index contributed by atoms with van der Waals surface area (Å²) in [5, 5.41) is 10.9. The first-order chi connectivity index (χ1) is 5.86. The van der Waals surface area contributed by atoms with Crippen LogP contribution in [0.25, 0.3) is 5.69 Å². The maximum Gasteiger partial charge on any atom is 0.143 e. The van der Waals surface area contributed by atoms with Gasteiger partial charge in [-0.05, 0) is 29.5 Å². The zero-order valence-electron chi connectivity index (χ0n) is 6.68. The van der Waals surface area contributed by atoms with Crippen LogP contribution in [0.1, 0.15) is 5.56 Å². The predicted octanol–water partition coefficient (Wildman–Crippen LogP) is 0.971. The van der Waals surface area contributed by atoms with Crippen molar-refractivity contribution in [3.8, 4) is 5.69 Å². The highest BCUT2D eigenvalue weighted by atomic mass is 15.5. The summed E-state index contributed by atoms with van der Waals surface area (Å²) < 4.78 is 1.62. The van der Waals surface area contributed by atoms with E-state index in [1.807, 2.05) is 31.2 Å². The minimum absolute atomic E-state index is 0.977. The monoisotopic (exact) mass is 160 g/mol. The smallest absolute Gasteiger partial charge is 0.143 e. The first-order valence-electron chi connectivity index (χ1n) is 3.66. The molecule has 0 radical (unpaired) electrons. The molecule has 4 nitrogen and oxygen atoms in total. The highest BCUT2D eigenvalue weighted by molar-refractivity contribution is 5.32. The molecular weight excluding hydrogens is 152 g/mol. The summed E-state index contributed by atoms with van der Waals surface area (Å²) in [7, 11) is 0. The van der Waals surface area contributed by atoms with Crippen molar-refractivity contribution in [1.82, 2.24) is 20.2 Å². The van der Waals surface area contributed by atoms with Gasteiger partial charge in [0.2, 0.25) is 0 Å². The van der Waals surface area contributed by atoms with Gasteiger partial charge >= 0.3 is 0 Å². The molecular formula is C8H8N4. The lowest BCUT2D eigenvalue weighted by Gasteiger charge is -1.97. The number of aryl methyl sites for hydroxylation is 1. The van der Waals surface area contributed by atoms with Gasteiger partial charge in [-0.1, -0.05) is 17.7 Å². The Labute approximate surface area is 69.8 Å². The van der Waals surface area contributed by atoms with Crippen LogP contribution in [0.2, 0.25) is 0 Å². The van der Waals surface area contributed by atoms with E-state index in [1.165, 1.54) is 5.56 Å². The third-order valence-corrected chi connectivity index (χ3v) is 1.65. The molecule has 0 amide bonds. The average Bonchev–Trinajstić information content (AvgIpc) is 2.58. The lowest BCUT2D eigenvalue weighted by molar-refractivity contribution is 0.789. The Morgan fingerprint density at radius 3 is 2.50 bits per heavy atom. The Kier molecular flexibility index (Phi) is 1.59. The normalized spacial score (nSPS) is 10.1. The topological polar surface area (TPSA) is 43.6 Å². The average molecular weight is 160 g/mol. The van der Waals surface area contributed by atoms with Gasteiger partial charge in [-0.3, -0.25) is 0 Å². The van der Waals surface area contributed by atoms with Gasteiger partial charge in [0.25, 0.3) is 0 Å². The number of benzene rings is 1. The van der Waals surface area contributed by atoms with Crippen LogP contribution in [-0.2, 0) is 0 Å². The number of aromatic nitrogens is 4. The summed E-state index contributed by atoms with van der Waals surface area (Å²) >= 11 is 0. The van der Waals surface area contributed by atoms with E-state index in [2.05, 4.69) is 15.5 Å². The first kappa shape index (κ1) is 6.97. The zero-order valence-corrected chi connectivity index (χ0v) is 6.68. The number of rotatable bonds is 1. The molecule has 1 heterocycles. The fraction of sp³-hybridized carbons (Fsp3) is 0.125. The summed E-state index contributed by atoms with van der Waals surface area (Å²) in [6.45, 7) is 2.05. The number of tetrazole rings is 1. The van der Waals surface area contributed by atoms with Crippen LogP contribution in [0.15, 0.2) is 30.6 Å². The fourth-order valence-electron chi connectivity index (χ4n) is 0.977. The molecule has 1 aromatic heterocycles. The van der Waals surface area contributed by atoms with Crippen molar-refractivity contribution in [3.63, 3.8) is 0 Å². The lowest BCUT2D eigenvalue weighted by atomic mass is 10.2. The van der Waals surface area contributed by atoms with E-state index in [0.29, 0.717) is 0 Å². The third-order valence-electron chi connectivity index (χ3n) is 1.65. The molecule has 0 fully saturated rings. The van der Waals surface area contributed by atoms with Gasteiger partial charge in [-0.25, -0.2) is 4.68 Å². The summed E-state index contributed by atoms with van der Waals surface area (Å²) in [5.74, 6) is 0. The maximum atomic E-state index is 3.77. The molecule has 0 saturated heterocycles. The number of nitrogens with zero attached hydrogens (tertiary/aromatic N) is 4. The SMILES string of the molecule is Cc1ccc(-n2cnnn2)cc1. The second-order valence-corrected chi connectivity index (χ2v) is 2.59. The minimum atomic E-state index is 0.977. The van der Waals surface area contributed by atoms with Crippen LogP contribution in [0, 0.1) is 6.92 Å². The Morgan fingerprint density at radius 2 is 1.92 bits per heavy atom. The van der Waals surface area contributed by atoms with Crippen molar-refractivity contribution >= 4 is 0 Å². The summed E-state index contributed by atoms with van der Waals surface area (Å²) in [6, 6.07) is 8.01. The van der Waals surface area contributed by atoms with E-state index in [9.17, 15) is 0 Å². The number of hydrogen-bond acceptors (Lipinski definition) is 3.